The fraction of sp³-hybridized carbons (Fsp3) is 0.917. The molecule has 2 aliphatic heterocycles. The zero-order valence-corrected chi connectivity index (χ0v) is 24.3. The van der Waals surface area contributed by atoms with Gasteiger partial charge in [-0.25, -0.2) is 9.52 Å². The predicted octanol–water partition coefficient (Wildman–Crippen LogP) is 3.63. The van der Waals surface area contributed by atoms with Crippen LogP contribution in [0.2, 0.25) is 6.32 Å². The maximum Gasteiger partial charge on any atom is 0.457 e. The summed E-state index contributed by atoms with van der Waals surface area (Å²) in [4.78, 5) is 24.0. The summed E-state index contributed by atoms with van der Waals surface area (Å²) in [5.74, 6) is -0.00340. The van der Waals surface area contributed by atoms with Crippen LogP contribution in [0.3, 0.4) is 0 Å². The van der Waals surface area contributed by atoms with E-state index in [-0.39, 0.29) is 43.2 Å². The van der Waals surface area contributed by atoms with Crippen LogP contribution in [0.15, 0.2) is 0 Å². The smallest absolute Gasteiger partial charge is 0.443 e. The molecule has 0 spiro atoms. The normalized spacial score (nSPS) is 22.6. The second-order valence-electron chi connectivity index (χ2n) is 12.3. The van der Waals surface area contributed by atoms with Crippen molar-refractivity contribution in [2.45, 2.75) is 123 Å². The molecule has 0 aliphatic carbocycles. The zero-order valence-electron chi connectivity index (χ0n) is 23.5. The minimum Gasteiger partial charge on any atom is -0.443 e. The first-order valence-corrected chi connectivity index (χ1v) is 14.4. The molecular weight excluding hydrogens is 485 g/mol. The largest absolute Gasteiger partial charge is 0.457 e. The van der Waals surface area contributed by atoms with E-state index in [1.807, 2.05) is 39.3 Å². The summed E-state index contributed by atoms with van der Waals surface area (Å²) in [7, 11) is -4.25. The molecule has 1 unspecified atom stereocenters. The number of carbonyl (C=O) groups is 2. The summed E-state index contributed by atoms with van der Waals surface area (Å²) in [6, 6.07) is 0. The summed E-state index contributed by atoms with van der Waals surface area (Å²) in [5, 5.41) is 3.13. The number of hydrogen-bond donors (Lipinski definition) is 2. The number of nitrogens with zero attached hydrogens (tertiary/aromatic N) is 1. The van der Waals surface area contributed by atoms with Gasteiger partial charge in [0.15, 0.2) is 0 Å². The Morgan fingerprint density at radius 2 is 1.56 bits per heavy atom. The van der Waals surface area contributed by atoms with E-state index in [2.05, 4.69) is 5.32 Å². The van der Waals surface area contributed by atoms with Crippen molar-refractivity contribution in [3.63, 3.8) is 0 Å². The van der Waals surface area contributed by atoms with Crippen LogP contribution < -0.4 is 10.0 Å². The quantitative estimate of drug-likeness (QED) is 0.344. The van der Waals surface area contributed by atoms with Crippen LogP contribution in [-0.4, -0.2) is 67.3 Å². The van der Waals surface area contributed by atoms with E-state index in [0.717, 1.165) is 25.6 Å². The van der Waals surface area contributed by atoms with Crippen molar-refractivity contribution in [1.82, 2.24) is 14.3 Å². The van der Waals surface area contributed by atoms with E-state index < -0.39 is 27.4 Å². The zero-order chi connectivity index (χ0) is 27.6. The van der Waals surface area contributed by atoms with Gasteiger partial charge in [-0.2, -0.15) is 12.7 Å². The first kappa shape index (κ1) is 30.9. The molecule has 2 saturated heterocycles. The van der Waals surface area contributed by atoms with Crippen LogP contribution in [0.4, 0.5) is 4.79 Å². The molecule has 36 heavy (non-hydrogen) atoms. The number of carbonyl (C=O) groups excluding carboxylic acids is 2. The molecule has 2 heterocycles. The van der Waals surface area contributed by atoms with Crippen molar-refractivity contribution < 1.29 is 32.1 Å². The van der Waals surface area contributed by atoms with Crippen LogP contribution in [-0.2, 0) is 29.0 Å². The molecule has 0 aromatic rings. The lowest BCUT2D eigenvalue weighted by molar-refractivity contribution is -0.121. The molecule has 0 aromatic heterocycles. The van der Waals surface area contributed by atoms with Gasteiger partial charge in [0.2, 0.25) is 5.91 Å². The minimum atomic E-state index is -4.00. The van der Waals surface area contributed by atoms with Crippen molar-refractivity contribution in [2.75, 3.05) is 13.1 Å². The average Bonchev–Trinajstić information content (AvgIpc) is 2.89. The molecule has 208 valence electrons. The Morgan fingerprint density at radius 3 is 2.03 bits per heavy atom. The van der Waals surface area contributed by atoms with Gasteiger partial charge in [-0.3, -0.25) is 4.79 Å². The number of hydrogen-bond acceptors (Lipinski definition) is 7. The van der Waals surface area contributed by atoms with Crippen LogP contribution >= 0.6 is 0 Å². The highest BCUT2D eigenvalue weighted by Crippen LogP contribution is 2.39. The van der Waals surface area contributed by atoms with Gasteiger partial charge in [-0.15, -0.1) is 0 Å². The second kappa shape index (κ2) is 11.2. The number of amides is 2. The first-order valence-electron chi connectivity index (χ1n) is 12.9. The maximum absolute atomic E-state index is 12.7. The van der Waals surface area contributed by atoms with Crippen LogP contribution in [0.1, 0.15) is 94.4 Å². The summed E-state index contributed by atoms with van der Waals surface area (Å²) in [6.07, 6.45) is 3.45. The molecule has 2 amide bonds. The van der Waals surface area contributed by atoms with Gasteiger partial charge in [0, 0.05) is 25.6 Å². The standard InChI is InChI=1S/C24H46BN3O7S/c1-18(29)26-24(9,14-10-11-15-25-34-22(5,6)23(7,8)35-25)19-12-16-28(17-13-19)36(31,32)27-20(30)33-21(2,3)4/h19H,10-17H2,1-9H3,(H,26,29)(H,27,30). The van der Waals surface area contributed by atoms with E-state index in [9.17, 15) is 18.0 Å². The third-order valence-electron chi connectivity index (χ3n) is 7.46. The minimum absolute atomic E-state index is 0.103. The van der Waals surface area contributed by atoms with Gasteiger partial charge in [0.25, 0.3) is 0 Å². The SMILES string of the molecule is CC(=O)NC(C)(CCCCB1OC(C)(C)C(C)(C)O1)C1CCN(S(=O)(=O)NC(=O)OC(C)(C)C)CC1. The van der Waals surface area contributed by atoms with Crippen molar-refractivity contribution in [2.24, 2.45) is 5.92 Å². The Bertz CT molecular complexity index is 880. The Kier molecular flexibility index (Phi) is 9.57. The topological polar surface area (TPSA) is 123 Å². The molecule has 1 atom stereocenters. The van der Waals surface area contributed by atoms with E-state index in [4.69, 9.17) is 14.0 Å². The maximum atomic E-state index is 12.7. The molecule has 0 aromatic carbocycles. The van der Waals surface area contributed by atoms with Crippen LogP contribution in [0.5, 0.6) is 0 Å². The van der Waals surface area contributed by atoms with Gasteiger partial charge in [-0.1, -0.05) is 12.8 Å². The molecule has 0 saturated carbocycles. The Morgan fingerprint density at radius 1 is 1.03 bits per heavy atom. The Labute approximate surface area is 217 Å². The fourth-order valence-corrected chi connectivity index (χ4v) is 5.93. The summed E-state index contributed by atoms with van der Waals surface area (Å²) in [5.41, 5.74) is -1.96. The molecule has 10 nitrogen and oxygen atoms in total. The highest BCUT2D eigenvalue weighted by Gasteiger charge is 2.50. The van der Waals surface area contributed by atoms with Gasteiger partial charge in [-0.05, 0) is 86.9 Å². The first-order chi connectivity index (χ1) is 16.3. The lowest BCUT2D eigenvalue weighted by Gasteiger charge is -2.43. The van der Waals surface area contributed by atoms with Crippen LogP contribution in [0, 0.1) is 5.92 Å². The van der Waals surface area contributed by atoms with Crippen LogP contribution in [0.25, 0.3) is 0 Å². The summed E-state index contributed by atoms with van der Waals surface area (Å²) < 4.78 is 45.8. The molecule has 2 N–H and O–H groups in total. The number of piperidine rings is 1. The number of nitrogens with one attached hydrogen (secondary N) is 2. The van der Waals surface area contributed by atoms with Crippen molar-refractivity contribution in [1.29, 1.82) is 0 Å². The highest BCUT2D eigenvalue weighted by atomic mass is 32.2. The number of unbranched alkanes of at least 4 members (excludes halogenated alkanes) is 1. The van der Waals surface area contributed by atoms with E-state index in [1.54, 1.807) is 20.8 Å². The van der Waals surface area contributed by atoms with Gasteiger partial charge >= 0.3 is 23.4 Å². The summed E-state index contributed by atoms with van der Waals surface area (Å²) >= 11 is 0. The molecular formula is C24H46BN3O7S. The van der Waals surface area contributed by atoms with E-state index >= 15 is 0 Å². The third-order valence-corrected chi connectivity index (χ3v) is 8.93. The molecule has 0 bridgehead atoms. The fourth-order valence-electron chi connectivity index (χ4n) is 4.86. The van der Waals surface area contributed by atoms with Crippen molar-refractivity contribution in [3.8, 4) is 0 Å². The van der Waals surface area contributed by atoms with Gasteiger partial charge < -0.3 is 19.4 Å². The second-order valence-corrected chi connectivity index (χ2v) is 14.0. The molecule has 0 radical (unpaired) electrons. The highest BCUT2D eigenvalue weighted by molar-refractivity contribution is 7.87. The Hall–Kier alpha value is -1.37. The Balaban J connectivity index is 1.91. The lowest BCUT2D eigenvalue weighted by atomic mass is 9.74. The summed E-state index contributed by atoms with van der Waals surface area (Å²) in [6.45, 7) is 17.2. The predicted molar refractivity (Wildman–Crippen MR) is 140 cm³/mol. The molecule has 2 rings (SSSR count). The van der Waals surface area contributed by atoms with Gasteiger partial charge in [0.1, 0.15) is 5.60 Å². The number of ether oxygens (including phenoxy) is 1. The molecule has 2 aliphatic rings. The van der Waals surface area contributed by atoms with E-state index in [0.29, 0.717) is 12.8 Å². The van der Waals surface area contributed by atoms with Crippen molar-refractivity contribution in [3.05, 3.63) is 0 Å². The molecule has 12 heteroatoms. The monoisotopic (exact) mass is 531 g/mol. The lowest BCUT2D eigenvalue weighted by Crippen LogP contribution is -2.55. The third kappa shape index (κ3) is 8.32. The average molecular weight is 532 g/mol. The van der Waals surface area contributed by atoms with E-state index in [1.165, 1.54) is 11.2 Å². The van der Waals surface area contributed by atoms with Crippen molar-refractivity contribution >= 4 is 29.3 Å². The number of rotatable bonds is 9. The molecule has 2 fully saturated rings. The van der Waals surface area contributed by atoms with Gasteiger partial charge in [0.05, 0.1) is 11.2 Å².